The second-order valence-electron chi connectivity index (χ2n) is 4.45. The Morgan fingerprint density at radius 1 is 1.43 bits per heavy atom. The van der Waals surface area contributed by atoms with Crippen LogP contribution in [0.5, 0.6) is 11.5 Å². The second kappa shape index (κ2) is 7.74. The molecule has 0 atom stereocenters. The van der Waals surface area contributed by atoms with E-state index in [4.69, 9.17) is 9.47 Å². The Morgan fingerprint density at radius 3 is 2.78 bits per heavy atom. The van der Waals surface area contributed by atoms with E-state index < -0.39 is 12.6 Å². The lowest BCUT2D eigenvalue weighted by Crippen LogP contribution is -2.29. The number of ether oxygens (including phenoxy) is 2. The van der Waals surface area contributed by atoms with Crippen LogP contribution in [0.25, 0.3) is 0 Å². The van der Waals surface area contributed by atoms with Crippen LogP contribution >= 0.6 is 0 Å². The summed E-state index contributed by atoms with van der Waals surface area (Å²) >= 11 is 0. The number of carboxylic acid groups (broad SMARTS) is 1. The monoisotopic (exact) mass is 315 g/mol. The minimum Gasteiger partial charge on any atom is -0.546 e. The number of allylic oxidation sites excluding steroid dienone is 1. The van der Waals surface area contributed by atoms with Crippen LogP contribution in [0.1, 0.15) is 11.1 Å². The molecule has 1 heterocycles. The highest BCUT2D eigenvalue weighted by Crippen LogP contribution is 2.33. The summed E-state index contributed by atoms with van der Waals surface area (Å²) < 4.78 is 12.0. The summed E-state index contributed by atoms with van der Waals surface area (Å²) in [5.74, 6) is -0.566. The standard InChI is InChI=1S/C15H16N4O4/c1-3-4-12-5-11(7-18-19-9-16-17-10-19)6-13(22-2)15(12)23-8-14(20)21/h3,5-7,9-10H,1,4,8H2,2H3,(H,20,21)/p-1/b18-7-. The first-order valence-corrected chi connectivity index (χ1v) is 6.67. The number of benzene rings is 1. The van der Waals surface area contributed by atoms with Gasteiger partial charge in [-0.2, -0.15) is 5.10 Å². The molecule has 1 aromatic carbocycles. The molecule has 1 aromatic heterocycles. The molecule has 0 aliphatic carbocycles. The molecule has 120 valence electrons. The molecule has 0 spiro atoms. The maximum Gasteiger partial charge on any atom is 0.165 e. The minimum absolute atomic E-state index is 0.345. The van der Waals surface area contributed by atoms with Crippen LogP contribution in [0.3, 0.4) is 0 Å². The summed E-state index contributed by atoms with van der Waals surface area (Å²) in [5, 5.41) is 22.1. The Bertz CT molecular complexity index is 711. The summed E-state index contributed by atoms with van der Waals surface area (Å²) in [6.45, 7) is 3.12. The van der Waals surface area contributed by atoms with Crippen molar-refractivity contribution in [3.05, 3.63) is 48.6 Å². The van der Waals surface area contributed by atoms with E-state index >= 15 is 0 Å². The third kappa shape index (κ3) is 4.40. The van der Waals surface area contributed by atoms with Gasteiger partial charge in [0.2, 0.25) is 0 Å². The molecule has 0 N–H and O–H groups in total. The smallest absolute Gasteiger partial charge is 0.165 e. The largest absolute Gasteiger partial charge is 0.546 e. The number of aliphatic carboxylic acids is 1. The van der Waals surface area contributed by atoms with Gasteiger partial charge in [-0.1, -0.05) is 6.08 Å². The van der Waals surface area contributed by atoms with Crippen molar-refractivity contribution in [1.29, 1.82) is 0 Å². The normalized spacial score (nSPS) is 10.7. The van der Waals surface area contributed by atoms with Crippen molar-refractivity contribution >= 4 is 12.2 Å². The first-order chi connectivity index (χ1) is 11.1. The number of carbonyl (C=O) groups is 1. The molecule has 0 unspecified atom stereocenters. The quantitative estimate of drug-likeness (QED) is 0.503. The van der Waals surface area contributed by atoms with Gasteiger partial charge >= 0.3 is 0 Å². The van der Waals surface area contributed by atoms with E-state index in [9.17, 15) is 9.90 Å². The molecule has 2 rings (SSSR count). The van der Waals surface area contributed by atoms with Crippen molar-refractivity contribution in [3.8, 4) is 11.5 Å². The highest BCUT2D eigenvalue weighted by atomic mass is 16.5. The van der Waals surface area contributed by atoms with E-state index in [1.165, 1.54) is 24.4 Å². The number of carbonyl (C=O) groups excluding carboxylic acids is 1. The van der Waals surface area contributed by atoms with Crippen LogP contribution < -0.4 is 14.6 Å². The first kappa shape index (κ1) is 16.2. The van der Waals surface area contributed by atoms with Crippen LogP contribution in [-0.4, -0.2) is 40.8 Å². The van der Waals surface area contributed by atoms with Gasteiger partial charge in [0, 0.05) is 5.56 Å². The summed E-state index contributed by atoms with van der Waals surface area (Å²) in [5.41, 5.74) is 1.47. The zero-order valence-electron chi connectivity index (χ0n) is 12.5. The van der Waals surface area contributed by atoms with Crippen molar-refractivity contribution in [3.63, 3.8) is 0 Å². The molecule has 0 radical (unpaired) electrons. The van der Waals surface area contributed by atoms with Crippen molar-refractivity contribution in [2.75, 3.05) is 13.7 Å². The van der Waals surface area contributed by atoms with Crippen molar-refractivity contribution in [2.24, 2.45) is 5.10 Å². The molecular formula is C15H15N4O4-. The lowest BCUT2D eigenvalue weighted by molar-refractivity contribution is -0.307. The summed E-state index contributed by atoms with van der Waals surface area (Å²) in [6.07, 6.45) is 6.67. The molecule has 23 heavy (non-hydrogen) atoms. The molecular weight excluding hydrogens is 300 g/mol. The molecule has 0 fully saturated rings. The Kier molecular flexibility index (Phi) is 5.45. The SMILES string of the molecule is C=CCc1cc(/C=N\n2cnnc2)cc(OC)c1OCC(=O)[O-]. The fourth-order valence-corrected chi connectivity index (χ4v) is 1.90. The molecule has 2 aromatic rings. The zero-order valence-corrected chi connectivity index (χ0v) is 12.5. The van der Waals surface area contributed by atoms with E-state index in [-0.39, 0.29) is 0 Å². The van der Waals surface area contributed by atoms with Gasteiger partial charge in [-0.3, -0.25) is 0 Å². The summed E-state index contributed by atoms with van der Waals surface area (Å²) in [4.78, 5) is 10.6. The van der Waals surface area contributed by atoms with Gasteiger partial charge in [-0.25, -0.2) is 4.68 Å². The van der Waals surface area contributed by atoms with E-state index in [0.717, 1.165) is 11.1 Å². The number of hydrogen-bond acceptors (Lipinski definition) is 7. The summed E-state index contributed by atoms with van der Waals surface area (Å²) in [6, 6.07) is 3.49. The first-order valence-electron chi connectivity index (χ1n) is 6.67. The van der Waals surface area contributed by atoms with E-state index in [2.05, 4.69) is 21.9 Å². The van der Waals surface area contributed by atoms with Crippen LogP contribution in [0.4, 0.5) is 0 Å². The van der Waals surface area contributed by atoms with Gasteiger partial charge in [0.1, 0.15) is 19.3 Å². The maximum absolute atomic E-state index is 10.6. The van der Waals surface area contributed by atoms with E-state index in [1.807, 2.05) is 6.07 Å². The number of carboxylic acids is 1. The van der Waals surface area contributed by atoms with Crippen molar-refractivity contribution in [1.82, 2.24) is 14.9 Å². The molecule has 0 aliphatic rings. The number of nitrogens with zero attached hydrogens (tertiary/aromatic N) is 4. The highest BCUT2D eigenvalue weighted by Gasteiger charge is 2.12. The predicted molar refractivity (Wildman–Crippen MR) is 80.4 cm³/mol. The van der Waals surface area contributed by atoms with Gasteiger partial charge in [0.05, 0.1) is 19.3 Å². The Labute approximate surface area is 132 Å². The van der Waals surface area contributed by atoms with Gasteiger partial charge in [-0.15, -0.1) is 16.8 Å². The second-order valence-corrected chi connectivity index (χ2v) is 4.45. The fraction of sp³-hybridized carbons (Fsp3) is 0.200. The molecule has 0 bridgehead atoms. The minimum atomic E-state index is -1.31. The Morgan fingerprint density at radius 2 is 2.17 bits per heavy atom. The predicted octanol–water partition coefficient (Wildman–Crippen LogP) is 0.0261. The van der Waals surface area contributed by atoms with E-state index in [1.54, 1.807) is 18.4 Å². The molecule has 8 heteroatoms. The van der Waals surface area contributed by atoms with Crippen molar-refractivity contribution in [2.45, 2.75) is 6.42 Å². The average Bonchev–Trinajstić information content (AvgIpc) is 3.04. The van der Waals surface area contributed by atoms with Gasteiger partial charge < -0.3 is 19.4 Å². The topological polar surface area (TPSA) is 102 Å². The number of methoxy groups -OCH3 is 1. The molecule has 0 saturated carbocycles. The average molecular weight is 315 g/mol. The number of hydrogen-bond donors (Lipinski definition) is 0. The third-order valence-electron chi connectivity index (χ3n) is 2.82. The number of rotatable bonds is 8. The summed E-state index contributed by atoms with van der Waals surface area (Å²) in [7, 11) is 1.47. The van der Waals surface area contributed by atoms with E-state index in [0.29, 0.717) is 17.9 Å². The molecule has 0 amide bonds. The number of aromatic nitrogens is 3. The molecule has 0 saturated heterocycles. The Balaban J connectivity index is 2.35. The lowest BCUT2D eigenvalue weighted by atomic mass is 10.1. The van der Waals surface area contributed by atoms with Crippen LogP contribution in [0, 0.1) is 0 Å². The van der Waals surface area contributed by atoms with Crippen LogP contribution in [0.2, 0.25) is 0 Å². The zero-order chi connectivity index (χ0) is 16.7. The Hall–Kier alpha value is -3.16. The third-order valence-corrected chi connectivity index (χ3v) is 2.82. The van der Waals surface area contributed by atoms with Crippen LogP contribution in [-0.2, 0) is 11.2 Å². The fourth-order valence-electron chi connectivity index (χ4n) is 1.90. The molecule has 0 aliphatic heterocycles. The van der Waals surface area contributed by atoms with Crippen molar-refractivity contribution < 1.29 is 19.4 Å². The van der Waals surface area contributed by atoms with Gasteiger partial charge in [0.15, 0.2) is 11.5 Å². The van der Waals surface area contributed by atoms with Gasteiger partial charge in [-0.05, 0) is 24.1 Å². The maximum atomic E-state index is 10.6. The van der Waals surface area contributed by atoms with Crippen LogP contribution in [0.15, 0.2) is 42.5 Å². The van der Waals surface area contributed by atoms with Gasteiger partial charge in [0.25, 0.3) is 0 Å². The highest BCUT2D eigenvalue weighted by molar-refractivity contribution is 5.81. The molecule has 8 nitrogen and oxygen atoms in total. The lowest BCUT2D eigenvalue weighted by Gasteiger charge is -2.15.